The maximum atomic E-state index is 12.1. The second-order valence-corrected chi connectivity index (χ2v) is 4.99. The predicted molar refractivity (Wildman–Crippen MR) is 84.2 cm³/mol. The number of methoxy groups -OCH3 is 1. The monoisotopic (exact) mass is 304 g/mol. The lowest BCUT2D eigenvalue weighted by Crippen LogP contribution is -2.29. The van der Waals surface area contributed by atoms with Gasteiger partial charge in [-0.15, -0.1) is 0 Å². The van der Waals surface area contributed by atoms with Gasteiger partial charge in [-0.1, -0.05) is 0 Å². The minimum Gasteiger partial charge on any atom is -0.497 e. The number of hydrogen-bond donors (Lipinski definition) is 2. The summed E-state index contributed by atoms with van der Waals surface area (Å²) in [6.45, 7) is 2.69. The Bertz CT molecular complexity index is 737. The van der Waals surface area contributed by atoms with Crippen molar-refractivity contribution in [2.75, 3.05) is 20.2 Å². The first-order chi connectivity index (χ1) is 10.6. The summed E-state index contributed by atoms with van der Waals surface area (Å²) in [4.78, 5) is 23.8. The average molecular weight is 304 g/mol. The van der Waals surface area contributed by atoms with Gasteiger partial charge in [-0.3, -0.25) is 4.79 Å². The molecule has 0 radical (unpaired) electrons. The minimum absolute atomic E-state index is 0.126. The molecule has 1 heterocycles. The Morgan fingerprint density at radius 3 is 2.86 bits per heavy atom. The molecule has 0 aliphatic rings. The van der Waals surface area contributed by atoms with Gasteiger partial charge in [-0.25, -0.2) is 4.79 Å². The number of fused-ring (bicyclic) bond motifs is 1. The summed E-state index contributed by atoms with van der Waals surface area (Å²) in [5.74, 6) is 0.503. The van der Waals surface area contributed by atoms with Crippen molar-refractivity contribution in [3.8, 4) is 5.75 Å². The Balaban J connectivity index is 2.27. The molecule has 0 bridgehead atoms. The van der Waals surface area contributed by atoms with Crippen LogP contribution in [0.4, 0.5) is 0 Å². The molecule has 22 heavy (non-hydrogen) atoms. The highest BCUT2D eigenvalue weighted by Gasteiger charge is 2.13. The molecule has 0 aliphatic carbocycles. The SMILES string of the molecule is COc1ccc2c(C)c(CCC(=O)NCCN)c(=O)oc2c1. The van der Waals surface area contributed by atoms with Crippen LogP contribution in [-0.2, 0) is 11.2 Å². The van der Waals surface area contributed by atoms with Crippen LogP contribution < -0.4 is 21.4 Å². The fourth-order valence-corrected chi connectivity index (χ4v) is 2.33. The van der Waals surface area contributed by atoms with Crippen molar-refractivity contribution in [2.45, 2.75) is 19.8 Å². The highest BCUT2D eigenvalue weighted by atomic mass is 16.5. The van der Waals surface area contributed by atoms with E-state index in [1.165, 1.54) is 0 Å². The zero-order valence-electron chi connectivity index (χ0n) is 12.8. The zero-order valence-corrected chi connectivity index (χ0v) is 12.8. The third kappa shape index (κ3) is 3.46. The number of aryl methyl sites for hydroxylation is 1. The highest BCUT2D eigenvalue weighted by Crippen LogP contribution is 2.24. The molecule has 1 aromatic heterocycles. The van der Waals surface area contributed by atoms with Crippen molar-refractivity contribution >= 4 is 16.9 Å². The van der Waals surface area contributed by atoms with Crippen molar-refractivity contribution in [3.05, 3.63) is 39.7 Å². The Labute approximate surface area is 128 Å². The lowest BCUT2D eigenvalue weighted by Gasteiger charge is -2.09. The van der Waals surface area contributed by atoms with Gasteiger partial charge in [-0.2, -0.15) is 0 Å². The van der Waals surface area contributed by atoms with E-state index >= 15 is 0 Å². The van der Waals surface area contributed by atoms with Gasteiger partial charge in [-0.05, 0) is 31.0 Å². The normalized spacial score (nSPS) is 10.7. The molecule has 2 rings (SSSR count). The maximum absolute atomic E-state index is 12.1. The Morgan fingerprint density at radius 2 is 2.18 bits per heavy atom. The summed E-state index contributed by atoms with van der Waals surface area (Å²) in [6.07, 6.45) is 0.569. The van der Waals surface area contributed by atoms with Crippen molar-refractivity contribution in [3.63, 3.8) is 0 Å². The topological polar surface area (TPSA) is 94.6 Å². The fourth-order valence-electron chi connectivity index (χ4n) is 2.33. The van der Waals surface area contributed by atoms with Gasteiger partial charge in [0, 0.05) is 36.5 Å². The lowest BCUT2D eigenvalue weighted by atomic mass is 10.0. The molecule has 0 aliphatic heterocycles. The predicted octanol–water partition coefficient (Wildman–Crippen LogP) is 1.12. The summed E-state index contributed by atoms with van der Waals surface area (Å²) >= 11 is 0. The zero-order chi connectivity index (χ0) is 16.1. The van der Waals surface area contributed by atoms with E-state index in [1.54, 1.807) is 13.2 Å². The van der Waals surface area contributed by atoms with E-state index in [1.807, 2.05) is 19.1 Å². The van der Waals surface area contributed by atoms with Gasteiger partial charge >= 0.3 is 5.63 Å². The summed E-state index contributed by atoms with van der Waals surface area (Å²) in [6, 6.07) is 5.35. The van der Waals surface area contributed by atoms with Crippen LogP contribution in [0.25, 0.3) is 11.0 Å². The van der Waals surface area contributed by atoms with Crippen LogP contribution in [-0.4, -0.2) is 26.1 Å². The molecule has 0 spiro atoms. The van der Waals surface area contributed by atoms with Crippen molar-refractivity contribution in [1.29, 1.82) is 0 Å². The highest BCUT2D eigenvalue weighted by molar-refractivity contribution is 5.82. The van der Waals surface area contributed by atoms with Gasteiger partial charge in [0.25, 0.3) is 0 Å². The first-order valence-corrected chi connectivity index (χ1v) is 7.14. The number of benzene rings is 1. The molecule has 2 aromatic rings. The first-order valence-electron chi connectivity index (χ1n) is 7.14. The molecule has 6 heteroatoms. The molecular weight excluding hydrogens is 284 g/mol. The number of rotatable bonds is 6. The summed E-state index contributed by atoms with van der Waals surface area (Å²) in [5.41, 5.74) is 6.76. The third-order valence-electron chi connectivity index (χ3n) is 3.56. The van der Waals surface area contributed by atoms with E-state index in [0.717, 1.165) is 10.9 Å². The maximum Gasteiger partial charge on any atom is 0.339 e. The average Bonchev–Trinajstić information content (AvgIpc) is 2.52. The van der Waals surface area contributed by atoms with Crippen LogP contribution in [0.15, 0.2) is 27.4 Å². The summed E-state index contributed by atoms with van der Waals surface area (Å²) in [5, 5.41) is 3.53. The molecule has 118 valence electrons. The molecule has 0 fully saturated rings. The molecule has 0 saturated heterocycles. The van der Waals surface area contributed by atoms with Crippen LogP contribution in [0, 0.1) is 6.92 Å². The quantitative estimate of drug-likeness (QED) is 0.780. The smallest absolute Gasteiger partial charge is 0.339 e. The van der Waals surface area contributed by atoms with Gasteiger partial charge in [0.2, 0.25) is 5.91 Å². The Hall–Kier alpha value is -2.34. The van der Waals surface area contributed by atoms with Crippen molar-refractivity contribution < 1.29 is 13.9 Å². The van der Waals surface area contributed by atoms with E-state index < -0.39 is 5.63 Å². The Kier molecular flexibility index (Phi) is 5.16. The number of nitrogens with one attached hydrogen (secondary N) is 1. The van der Waals surface area contributed by atoms with E-state index in [9.17, 15) is 9.59 Å². The van der Waals surface area contributed by atoms with Gasteiger partial charge in [0.1, 0.15) is 11.3 Å². The van der Waals surface area contributed by atoms with E-state index in [-0.39, 0.29) is 12.3 Å². The number of amides is 1. The van der Waals surface area contributed by atoms with Gasteiger partial charge < -0.3 is 20.2 Å². The van der Waals surface area contributed by atoms with Crippen LogP contribution in [0.1, 0.15) is 17.5 Å². The van der Waals surface area contributed by atoms with Crippen LogP contribution >= 0.6 is 0 Å². The summed E-state index contributed by atoms with van der Waals surface area (Å²) < 4.78 is 10.5. The van der Waals surface area contributed by atoms with Crippen molar-refractivity contribution in [2.24, 2.45) is 5.73 Å². The largest absolute Gasteiger partial charge is 0.497 e. The standard InChI is InChI=1S/C16H20N2O4/c1-10-12-4-3-11(21-2)9-14(12)22-16(20)13(10)5-6-15(19)18-8-7-17/h3-4,9H,5-8,17H2,1-2H3,(H,18,19). The van der Waals surface area contributed by atoms with E-state index in [2.05, 4.69) is 5.32 Å². The van der Waals surface area contributed by atoms with E-state index in [4.69, 9.17) is 14.9 Å². The fraction of sp³-hybridized carbons (Fsp3) is 0.375. The molecular formula is C16H20N2O4. The van der Waals surface area contributed by atoms with Crippen LogP contribution in [0.3, 0.4) is 0 Å². The molecule has 6 nitrogen and oxygen atoms in total. The minimum atomic E-state index is -0.412. The van der Waals surface area contributed by atoms with Gasteiger partial charge in [0.05, 0.1) is 7.11 Å². The summed E-state index contributed by atoms with van der Waals surface area (Å²) in [7, 11) is 1.56. The number of carbonyl (C=O) groups is 1. The number of carbonyl (C=O) groups excluding carboxylic acids is 1. The lowest BCUT2D eigenvalue weighted by molar-refractivity contribution is -0.121. The second-order valence-electron chi connectivity index (χ2n) is 4.99. The molecule has 1 amide bonds. The molecule has 0 unspecified atom stereocenters. The number of ether oxygens (including phenoxy) is 1. The van der Waals surface area contributed by atoms with E-state index in [0.29, 0.717) is 36.4 Å². The second kappa shape index (κ2) is 7.09. The third-order valence-corrected chi connectivity index (χ3v) is 3.56. The van der Waals surface area contributed by atoms with Crippen LogP contribution in [0.5, 0.6) is 5.75 Å². The molecule has 1 aromatic carbocycles. The number of hydrogen-bond acceptors (Lipinski definition) is 5. The van der Waals surface area contributed by atoms with Crippen molar-refractivity contribution in [1.82, 2.24) is 5.32 Å². The molecule has 0 saturated carbocycles. The first kappa shape index (κ1) is 16.0. The number of nitrogens with two attached hydrogens (primary N) is 1. The molecule has 3 N–H and O–H groups in total. The van der Waals surface area contributed by atoms with Gasteiger partial charge in [0.15, 0.2) is 0 Å². The van der Waals surface area contributed by atoms with Crippen LogP contribution in [0.2, 0.25) is 0 Å². The molecule has 0 atom stereocenters. The Morgan fingerprint density at radius 1 is 1.41 bits per heavy atom.